The molecule has 3 rings (SSSR count). The molecule has 0 saturated heterocycles. The summed E-state index contributed by atoms with van der Waals surface area (Å²) in [6.07, 6.45) is -4.61. The van der Waals surface area contributed by atoms with Gasteiger partial charge in [0, 0.05) is 29.7 Å². The van der Waals surface area contributed by atoms with Crippen LogP contribution in [0.5, 0.6) is 0 Å². The number of aromatic nitrogens is 4. The van der Waals surface area contributed by atoms with Gasteiger partial charge in [0.1, 0.15) is 5.82 Å². The van der Waals surface area contributed by atoms with Gasteiger partial charge in [0.15, 0.2) is 10.9 Å². The number of thioether (sulfide) groups is 1. The van der Waals surface area contributed by atoms with Crippen molar-refractivity contribution in [2.45, 2.75) is 25.2 Å². The van der Waals surface area contributed by atoms with Crippen LogP contribution in [0.2, 0.25) is 0 Å². The van der Waals surface area contributed by atoms with Crippen LogP contribution in [0, 0.1) is 19.7 Å². The molecule has 0 atom stereocenters. The monoisotopic (exact) mass is 412 g/mol. The molecule has 0 bridgehead atoms. The molecule has 0 spiro atoms. The highest BCUT2D eigenvalue weighted by atomic mass is 32.2. The molecule has 0 radical (unpaired) electrons. The number of hydrogen-bond donors (Lipinski definition) is 0. The molecule has 2 aromatic heterocycles. The average molecular weight is 412 g/mol. The van der Waals surface area contributed by atoms with Gasteiger partial charge in [-0.25, -0.2) is 4.39 Å². The lowest BCUT2D eigenvalue weighted by molar-refractivity contribution is -0.147. The van der Waals surface area contributed by atoms with E-state index in [1.807, 2.05) is 11.5 Å². The van der Waals surface area contributed by atoms with Gasteiger partial charge in [-0.15, -0.1) is 10.2 Å². The predicted octanol–water partition coefficient (Wildman–Crippen LogP) is 4.36. The second kappa shape index (κ2) is 7.42. The van der Waals surface area contributed by atoms with Crippen molar-refractivity contribution < 1.29 is 22.4 Å². The van der Waals surface area contributed by atoms with E-state index in [1.54, 1.807) is 25.1 Å². The Balaban J connectivity index is 1.80. The van der Waals surface area contributed by atoms with Crippen LogP contribution in [-0.4, -0.2) is 30.9 Å². The van der Waals surface area contributed by atoms with Crippen LogP contribution >= 0.6 is 11.8 Å². The number of rotatable bonds is 5. The molecule has 28 heavy (non-hydrogen) atoms. The van der Waals surface area contributed by atoms with Crippen molar-refractivity contribution in [2.24, 2.45) is 7.05 Å². The molecule has 0 aliphatic rings. The van der Waals surface area contributed by atoms with Crippen LogP contribution in [0.25, 0.3) is 5.69 Å². The SMILES string of the molecule is Cc1cc(C(=O)CSc2nnc(C(F)(F)F)n2C)c(C)n1-c1ccc(F)cc1. The lowest BCUT2D eigenvalue weighted by Gasteiger charge is -2.10. The second-order valence-electron chi connectivity index (χ2n) is 6.17. The first-order chi connectivity index (χ1) is 13.1. The highest BCUT2D eigenvalue weighted by Crippen LogP contribution is 2.30. The fraction of sp³-hybridized carbons (Fsp3) is 0.278. The average Bonchev–Trinajstić information content (AvgIpc) is 3.13. The molecule has 0 saturated carbocycles. The summed E-state index contributed by atoms with van der Waals surface area (Å²) >= 11 is 0.889. The molecular formula is C18H16F4N4OS. The molecule has 10 heteroatoms. The maximum atomic E-state index is 13.2. The maximum absolute atomic E-state index is 13.2. The van der Waals surface area contributed by atoms with Crippen LogP contribution in [-0.2, 0) is 13.2 Å². The Morgan fingerprint density at radius 1 is 1.14 bits per heavy atom. The van der Waals surface area contributed by atoms with Crippen molar-refractivity contribution >= 4 is 17.5 Å². The number of ketones is 1. The summed E-state index contributed by atoms with van der Waals surface area (Å²) in [6.45, 7) is 3.58. The quantitative estimate of drug-likeness (QED) is 0.355. The van der Waals surface area contributed by atoms with E-state index in [-0.39, 0.29) is 22.5 Å². The summed E-state index contributed by atoms with van der Waals surface area (Å²) in [7, 11) is 1.20. The van der Waals surface area contributed by atoms with E-state index in [4.69, 9.17) is 0 Å². The Bertz CT molecular complexity index is 1020. The third-order valence-electron chi connectivity index (χ3n) is 4.24. The fourth-order valence-corrected chi connectivity index (χ4v) is 3.72. The Kier molecular flexibility index (Phi) is 5.33. The van der Waals surface area contributed by atoms with Crippen LogP contribution in [0.3, 0.4) is 0 Å². The van der Waals surface area contributed by atoms with Gasteiger partial charge in [-0.3, -0.25) is 4.79 Å². The molecule has 148 valence electrons. The third-order valence-corrected chi connectivity index (χ3v) is 5.26. The van der Waals surface area contributed by atoms with Gasteiger partial charge in [-0.2, -0.15) is 13.2 Å². The van der Waals surface area contributed by atoms with Crippen molar-refractivity contribution in [1.82, 2.24) is 19.3 Å². The van der Waals surface area contributed by atoms with Gasteiger partial charge in [-0.1, -0.05) is 11.8 Å². The van der Waals surface area contributed by atoms with Gasteiger partial charge in [0.05, 0.1) is 5.75 Å². The Morgan fingerprint density at radius 3 is 2.36 bits per heavy atom. The minimum Gasteiger partial charge on any atom is -0.318 e. The largest absolute Gasteiger partial charge is 0.451 e. The normalized spacial score (nSPS) is 11.8. The topological polar surface area (TPSA) is 52.7 Å². The second-order valence-corrected chi connectivity index (χ2v) is 7.11. The number of carbonyl (C=O) groups is 1. The molecule has 1 aromatic carbocycles. The molecular weight excluding hydrogens is 396 g/mol. The van der Waals surface area contributed by atoms with Gasteiger partial charge >= 0.3 is 6.18 Å². The highest BCUT2D eigenvalue weighted by molar-refractivity contribution is 7.99. The minimum atomic E-state index is -4.61. The maximum Gasteiger partial charge on any atom is 0.451 e. The zero-order valence-electron chi connectivity index (χ0n) is 15.2. The van der Waals surface area contributed by atoms with Crippen LogP contribution in [0.15, 0.2) is 35.5 Å². The summed E-state index contributed by atoms with van der Waals surface area (Å²) in [5.41, 5.74) is 2.62. The highest BCUT2D eigenvalue weighted by Gasteiger charge is 2.37. The molecule has 0 amide bonds. The fourth-order valence-electron chi connectivity index (χ4n) is 2.93. The number of carbonyl (C=O) groups excluding carboxylic acids is 1. The molecule has 0 aliphatic carbocycles. The number of nitrogens with zero attached hydrogens (tertiary/aromatic N) is 4. The van der Waals surface area contributed by atoms with E-state index in [1.165, 1.54) is 19.2 Å². The molecule has 0 N–H and O–H groups in total. The summed E-state index contributed by atoms with van der Waals surface area (Å²) in [5.74, 6) is -1.81. The number of Topliss-reactive ketones (excluding diaryl/α,β-unsaturated/α-hetero) is 1. The Morgan fingerprint density at radius 2 is 1.79 bits per heavy atom. The standard InChI is InChI=1S/C18H16F4N4OS/c1-10-8-14(11(2)26(10)13-6-4-12(19)5-7-13)15(27)9-28-17-24-23-16(25(17)3)18(20,21)22/h4-8H,9H2,1-3H3. The molecule has 0 unspecified atom stereocenters. The number of benzene rings is 1. The van der Waals surface area contributed by atoms with Crippen molar-refractivity contribution in [3.05, 3.63) is 58.9 Å². The number of halogens is 4. The van der Waals surface area contributed by atoms with Crippen LogP contribution in [0.4, 0.5) is 17.6 Å². The van der Waals surface area contributed by atoms with Crippen LogP contribution in [0.1, 0.15) is 27.6 Å². The number of hydrogen-bond acceptors (Lipinski definition) is 4. The smallest absolute Gasteiger partial charge is 0.318 e. The molecule has 5 nitrogen and oxygen atoms in total. The van der Waals surface area contributed by atoms with Gasteiger partial charge < -0.3 is 9.13 Å². The Hall–Kier alpha value is -2.62. The molecule has 3 aromatic rings. The molecule has 2 heterocycles. The van der Waals surface area contributed by atoms with Gasteiger partial charge in [0.2, 0.25) is 5.82 Å². The predicted molar refractivity (Wildman–Crippen MR) is 96.3 cm³/mol. The van der Waals surface area contributed by atoms with Crippen molar-refractivity contribution in [3.8, 4) is 5.69 Å². The van der Waals surface area contributed by atoms with E-state index in [9.17, 15) is 22.4 Å². The number of aryl methyl sites for hydroxylation is 1. The van der Waals surface area contributed by atoms with E-state index in [0.29, 0.717) is 16.9 Å². The first kappa shape index (κ1) is 20.1. The van der Waals surface area contributed by atoms with Crippen LogP contribution < -0.4 is 0 Å². The zero-order valence-corrected chi connectivity index (χ0v) is 16.0. The molecule has 0 fully saturated rings. The lowest BCUT2D eigenvalue weighted by atomic mass is 10.2. The summed E-state index contributed by atoms with van der Waals surface area (Å²) in [6, 6.07) is 7.59. The van der Waals surface area contributed by atoms with Crippen molar-refractivity contribution in [2.75, 3.05) is 5.75 Å². The van der Waals surface area contributed by atoms with Crippen molar-refractivity contribution in [1.29, 1.82) is 0 Å². The third kappa shape index (κ3) is 3.82. The van der Waals surface area contributed by atoms with E-state index in [0.717, 1.165) is 22.0 Å². The van der Waals surface area contributed by atoms with E-state index in [2.05, 4.69) is 10.2 Å². The first-order valence-electron chi connectivity index (χ1n) is 8.17. The zero-order chi connectivity index (χ0) is 20.6. The first-order valence-corrected chi connectivity index (χ1v) is 9.15. The van der Waals surface area contributed by atoms with Gasteiger partial charge in [0.25, 0.3) is 0 Å². The van der Waals surface area contributed by atoms with Crippen molar-refractivity contribution in [3.63, 3.8) is 0 Å². The minimum absolute atomic E-state index is 0.00742. The number of alkyl halides is 3. The van der Waals surface area contributed by atoms with E-state index < -0.39 is 12.0 Å². The lowest BCUT2D eigenvalue weighted by Crippen LogP contribution is -2.13. The summed E-state index contributed by atoms with van der Waals surface area (Å²) < 4.78 is 54.2. The van der Waals surface area contributed by atoms with E-state index >= 15 is 0 Å². The Labute approximate surface area is 162 Å². The molecule has 0 aliphatic heterocycles. The van der Waals surface area contributed by atoms with Gasteiger partial charge in [-0.05, 0) is 44.2 Å². The summed E-state index contributed by atoms with van der Waals surface area (Å²) in [5, 5.41) is 6.66. The summed E-state index contributed by atoms with van der Waals surface area (Å²) in [4.78, 5) is 12.6.